The monoisotopic (exact) mass is 290 g/mol. The quantitative estimate of drug-likeness (QED) is 0.806. The van der Waals surface area contributed by atoms with Crippen molar-refractivity contribution in [2.24, 2.45) is 0 Å². The summed E-state index contributed by atoms with van der Waals surface area (Å²) in [6.45, 7) is 0. The molecule has 1 aromatic heterocycles. The number of fused-ring (bicyclic) bond motifs is 1. The van der Waals surface area contributed by atoms with E-state index in [2.05, 4.69) is 10.3 Å². The van der Waals surface area contributed by atoms with Gasteiger partial charge in [0.25, 0.3) is 5.91 Å². The second kappa shape index (κ2) is 4.86. The normalized spacial score (nSPS) is 22.0. The molecule has 1 aliphatic heterocycles. The number of thioether (sulfide) groups is 1. The van der Waals surface area contributed by atoms with Crippen molar-refractivity contribution in [1.29, 1.82) is 0 Å². The lowest BCUT2D eigenvalue weighted by Gasteiger charge is -2.24. The Labute approximate surface area is 119 Å². The smallest absolute Gasteiger partial charge is 0.330 e. The maximum absolute atomic E-state index is 12.3. The van der Waals surface area contributed by atoms with Gasteiger partial charge in [0, 0.05) is 23.0 Å². The molecule has 1 atom stereocenters. The van der Waals surface area contributed by atoms with Crippen LogP contribution in [0.25, 0.3) is 10.9 Å². The zero-order chi connectivity index (χ0) is 14.2. The summed E-state index contributed by atoms with van der Waals surface area (Å²) in [6, 6.07) is 7.21. The summed E-state index contributed by atoms with van der Waals surface area (Å²) in [5, 5.41) is 13.1. The number of carboxylic acids is 1. The van der Waals surface area contributed by atoms with Crippen LogP contribution < -0.4 is 5.32 Å². The number of nitrogens with one attached hydrogen (secondary N) is 2. The van der Waals surface area contributed by atoms with Crippen molar-refractivity contribution in [3.05, 3.63) is 36.0 Å². The van der Waals surface area contributed by atoms with Crippen molar-refractivity contribution in [1.82, 2.24) is 10.3 Å². The van der Waals surface area contributed by atoms with Gasteiger partial charge in [-0.2, -0.15) is 11.8 Å². The Morgan fingerprint density at radius 3 is 2.90 bits per heavy atom. The van der Waals surface area contributed by atoms with Gasteiger partial charge in [-0.15, -0.1) is 0 Å². The number of rotatable bonds is 3. The Kier molecular flexibility index (Phi) is 3.17. The fraction of sp³-hybridized carbons (Fsp3) is 0.286. The van der Waals surface area contributed by atoms with Gasteiger partial charge in [-0.1, -0.05) is 6.07 Å². The van der Waals surface area contributed by atoms with E-state index in [9.17, 15) is 14.7 Å². The largest absolute Gasteiger partial charge is 0.479 e. The van der Waals surface area contributed by atoms with Crippen molar-refractivity contribution in [2.45, 2.75) is 12.0 Å². The van der Waals surface area contributed by atoms with Gasteiger partial charge in [-0.3, -0.25) is 4.79 Å². The summed E-state index contributed by atoms with van der Waals surface area (Å²) >= 11 is 1.55. The van der Waals surface area contributed by atoms with Crippen molar-refractivity contribution >= 4 is 34.5 Å². The second-order valence-electron chi connectivity index (χ2n) is 4.92. The number of H-pyrrole nitrogens is 1. The molecule has 6 heteroatoms. The average Bonchev–Trinajstić information content (AvgIpc) is 3.06. The van der Waals surface area contributed by atoms with Crippen molar-refractivity contribution < 1.29 is 14.7 Å². The molecule has 3 N–H and O–H groups in total. The summed E-state index contributed by atoms with van der Waals surface area (Å²) in [5.74, 6) is -0.135. The van der Waals surface area contributed by atoms with E-state index in [-0.39, 0.29) is 5.91 Å². The molecule has 104 valence electrons. The molecule has 1 aromatic carbocycles. The van der Waals surface area contributed by atoms with Gasteiger partial charge in [-0.05, 0) is 35.8 Å². The van der Waals surface area contributed by atoms with Crippen molar-refractivity contribution in [3.63, 3.8) is 0 Å². The fourth-order valence-corrected chi connectivity index (χ4v) is 3.69. The molecule has 0 spiro atoms. The van der Waals surface area contributed by atoms with Crippen LogP contribution in [0, 0.1) is 0 Å². The molecule has 3 rings (SSSR count). The topological polar surface area (TPSA) is 82.2 Å². The van der Waals surface area contributed by atoms with Crippen LogP contribution in [0.1, 0.15) is 16.8 Å². The highest BCUT2D eigenvalue weighted by Crippen LogP contribution is 2.28. The number of benzene rings is 1. The summed E-state index contributed by atoms with van der Waals surface area (Å²) in [6.07, 6.45) is 2.27. The fourth-order valence-electron chi connectivity index (χ4n) is 2.36. The second-order valence-corrected chi connectivity index (χ2v) is 6.03. The van der Waals surface area contributed by atoms with E-state index in [1.807, 2.05) is 12.1 Å². The summed E-state index contributed by atoms with van der Waals surface area (Å²) in [5.41, 5.74) is 0.201. The molecule has 1 amide bonds. The first-order valence-electron chi connectivity index (χ1n) is 6.32. The van der Waals surface area contributed by atoms with Crippen LogP contribution in [0.2, 0.25) is 0 Å². The third-order valence-corrected chi connectivity index (χ3v) is 4.79. The lowest BCUT2D eigenvalue weighted by atomic mass is 9.98. The molecular formula is C14H14N2O3S. The standard InChI is InChI=1S/C14H14N2O3S/c17-12(16-14(13(18)19)4-6-20-8-14)10-2-1-9-3-5-15-11(9)7-10/h1-3,5,7,15H,4,6,8H2,(H,16,17)(H,18,19). The number of aromatic amines is 1. The molecule has 0 radical (unpaired) electrons. The highest BCUT2D eigenvalue weighted by Gasteiger charge is 2.43. The Hall–Kier alpha value is -1.95. The number of amides is 1. The van der Waals surface area contributed by atoms with Crippen LogP contribution in [-0.2, 0) is 4.79 Å². The first-order valence-corrected chi connectivity index (χ1v) is 7.47. The van der Waals surface area contributed by atoms with Gasteiger partial charge in [0.05, 0.1) is 0 Å². The van der Waals surface area contributed by atoms with E-state index < -0.39 is 11.5 Å². The lowest BCUT2D eigenvalue weighted by molar-refractivity contribution is -0.143. The Morgan fingerprint density at radius 2 is 2.20 bits per heavy atom. The Morgan fingerprint density at radius 1 is 1.35 bits per heavy atom. The van der Waals surface area contributed by atoms with E-state index in [0.29, 0.717) is 17.7 Å². The third-order valence-electron chi connectivity index (χ3n) is 3.60. The van der Waals surface area contributed by atoms with Gasteiger partial charge in [-0.25, -0.2) is 4.79 Å². The van der Waals surface area contributed by atoms with Gasteiger partial charge in [0.15, 0.2) is 0 Å². The Bertz CT molecular complexity index is 674. The molecule has 1 fully saturated rings. The summed E-state index contributed by atoms with van der Waals surface area (Å²) in [7, 11) is 0. The third kappa shape index (κ3) is 2.16. The van der Waals surface area contributed by atoms with E-state index in [1.165, 1.54) is 0 Å². The predicted molar refractivity (Wildman–Crippen MR) is 78.1 cm³/mol. The number of carbonyl (C=O) groups is 2. The minimum absolute atomic E-state index is 0.341. The molecule has 0 bridgehead atoms. The van der Waals surface area contributed by atoms with E-state index in [1.54, 1.807) is 30.1 Å². The van der Waals surface area contributed by atoms with Crippen molar-refractivity contribution in [3.8, 4) is 0 Å². The molecular weight excluding hydrogens is 276 g/mol. The first-order chi connectivity index (χ1) is 9.61. The molecule has 1 saturated heterocycles. The minimum Gasteiger partial charge on any atom is -0.479 e. The van der Waals surface area contributed by atoms with Crippen LogP contribution >= 0.6 is 11.8 Å². The number of aliphatic carboxylic acids is 1. The van der Waals surface area contributed by atoms with Gasteiger partial charge in [0.1, 0.15) is 5.54 Å². The van der Waals surface area contributed by atoms with E-state index in [0.717, 1.165) is 16.7 Å². The first kappa shape index (κ1) is 13.1. The molecule has 2 aromatic rings. The molecule has 2 heterocycles. The molecule has 5 nitrogen and oxygen atoms in total. The van der Waals surface area contributed by atoms with Gasteiger partial charge in [0.2, 0.25) is 0 Å². The zero-order valence-electron chi connectivity index (χ0n) is 10.7. The highest BCUT2D eigenvalue weighted by molar-refractivity contribution is 7.99. The SMILES string of the molecule is O=C(NC1(C(=O)O)CCSC1)c1ccc2cc[nH]c2c1. The van der Waals surface area contributed by atoms with E-state index >= 15 is 0 Å². The molecule has 0 saturated carbocycles. The summed E-state index contributed by atoms with van der Waals surface area (Å²) in [4.78, 5) is 26.7. The zero-order valence-corrected chi connectivity index (χ0v) is 11.5. The van der Waals surface area contributed by atoms with Crippen LogP contribution in [0.5, 0.6) is 0 Å². The van der Waals surface area contributed by atoms with Gasteiger partial charge < -0.3 is 15.4 Å². The predicted octanol–water partition coefficient (Wildman–Crippen LogP) is 1.86. The van der Waals surface area contributed by atoms with Crippen molar-refractivity contribution in [2.75, 3.05) is 11.5 Å². The van der Waals surface area contributed by atoms with Crippen LogP contribution in [0.15, 0.2) is 30.5 Å². The van der Waals surface area contributed by atoms with Crippen LogP contribution in [-0.4, -0.2) is 39.0 Å². The Balaban J connectivity index is 1.86. The molecule has 20 heavy (non-hydrogen) atoms. The number of hydrogen-bond acceptors (Lipinski definition) is 3. The molecule has 0 aliphatic carbocycles. The average molecular weight is 290 g/mol. The maximum Gasteiger partial charge on any atom is 0.330 e. The maximum atomic E-state index is 12.3. The summed E-state index contributed by atoms with van der Waals surface area (Å²) < 4.78 is 0. The number of hydrogen-bond donors (Lipinski definition) is 3. The number of aromatic nitrogens is 1. The lowest BCUT2D eigenvalue weighted by Crippen LogP contribution is -2.54. The highest BCUT2D eigenvalue weighted by atomic mass is 32.2. The van der Waals surface area contributed by atoms with Crippen LogP contribution in [0.3, 0.4) is 0 Å². The van der Waals surface area contributed by atoms with Gasteiger partial charge >= 0.3 is 5.97 Å². The molecule has 1 aliphatic rings. The molecule has 1 unspecified atom stereocenters. The number of carbonyl (C=O) groups excluding carboxylic acids is 1. The minimum atomic E-state index is -1.13. The van der Waals surface area contributed by atoms with E-state index in [4.69, 9.17) is 0 Å². The van der Waals surface area contributed by atoms with Crippen LogP contribution in [0.4, 0.5) is 0 Å². The number of carboxylic acid groups (broad SMARTS) is 1.